The first kappa shape index (κ1) is 20.9. The number of carbonyl (C=O) groups is 3. The molecule has 0 saturated carbocycles. The highest BCUT2D eigenvalue weighted by atomic mass is 16.5. The maximum absolute atomic E-state index is 13.1. The average Bonchev–Trinajstić information content (AvgIpc) is 2.72. The van der Waals surface area contributed by atoms with Gasteiger partial charge in [-0.2, -0.15) is 0 Å². The fourth-order valence-electron chi connectivity index (χ4n) is 3.08. The van der Waals surface area contributed by atoms with Gasteiger partial charge >= 0.3 is 6.03 Å². The van der Waals surface area contributed by atoms with Crippen molar-refractivity contribution in [3.05, 3.63) is 52.6 Å². The number of carbonyl (C=O) groups excluding carboxylic acids is 3. The lowest BCUT2D eigenvalue weighted by molar-refractivity contribution is -0.122. The molecule has 1 fully saturated rings. The number of imide groups is 2. The zero-order valence-electron chi connectivity index (χ0n) is 17.4. The fourth-order valence-corrected chi connectivity index (χ4v) is 3.08. The van der Waals surface area contributed by atoms with Crippen LogP contribution in [0.1, 0.15) is 16.7 Å². The third kappa shape index (κ3) is 3.71. The number of amides is 4. The lowest BCUT2D eigenvalue weighted by atomic mass is 10.0. The second-order valence-electron chi connectivity index (χ2n) is 6.67. The van der Waals surface area contributed by atoms with Crippen LogP contribution in [0, 0.1) is 13.8 Å². The molecule has 1 saturated heterocycles. The van der Waals surface area contributed by atoms with Gasteiger partial charge in [-0.05, 0) is 43.2 Å². The highest BCUT2D eigenvalue weighted by Gasteiger charge is 2.37. The van der Waals surface area contributed by atoms with E-state index in [9.17, 15) is 14.4 Å². The van der Waals surface area contributed by atoms with Crippen LogP contribution in [0.5, 0.6) is 17.2 Å². The maximum atomic E-state index is 13.1. The Morgan fingerprint density at radius 1 is 0.867 bits per heavy atom. The lowest BCUT2D eigenvalue weighted by Gasteiger charge is -2.27. The van der Waals surface area contributed by atoms with Crippen molar-refractivity contribution in [2.75, 3.05) is 26.2 Å². The minimum absolute atomic E-state index is 0.227. The minimum atomic E-state index is -0.806. The number of benzene rings is 2. The van der Waals surface area contributed by atoms with Gasteiger partial charge in [0.25, 0.3) is 11.8 Å². The molecule has 0 spiro atoms. The first-order chi connectivity index (χ1) is 14.3. The molecule has 30 heavy (non-hydrogen) atoms. The molecule has 0 bridgehead atoms. The molecule has 2 aromatic carbocycles. The summed E-state index contributed by atoms with van der Waals surface area (Å²) in [5, 5.41) is 2.21. The van der Waals surface area contributed by atoms with Gasteiger partial charge in [0, 0.05) is 12.1 Å². The summed E-state index contributed by atoms with van der Waals surface area (Å²) in [6, 6.07) is 7.58. The monoisotopic (exact) mass is 410 g/mol. The predicted octanol–water partition coefficient (Wildman–Crippen LogP) is 3.00. The van der Waals surface area contributed by atoms with Gasteiger partial charge in [0.2, 0.25) is 0 Å². The van der Waals surface area contributed by atoms with E-state index in [0.29, 0.717) is 28.5 Å². The number of nitrogens with zero attached hydrogens (tertiary/aromatic N) is 1. The summed E-state index contributed by atoms with van der Waals surface area (Å²) in [5.74, 6) is -0.378. The van der Waals surface area contributed by atoms with Crippen LogP contribution in [-0.2, 0) is 9.59 Å². The topological polar surface area (TPSA) is 94.2 Å². The molecule has 0 aromatic heterocycles. The summed E-state index contributed by atoms with van der Waals surface area (Å²) in [6.45, 7) is 3.80. The molecule has 156 valence electrons. The molecule has 1 N–H and O–H groups in total. The number of nitrogens with one attached hydrogen (secondary N) is 1. The van der Waals surface area contributed by atoms with Crippen molar-refractivity contribution >= 4 is 29.6 Å². The Morgan fingerprint density at radius 2 is 1.50 bits per heavy atom. The first-order valence-corrected chi connectivity index (χ1v) is 9.09. The quantitative estimate of drug-likeness (QED) is 0.602. The number of rotatable bonds is 5. The number of anilines is 1. The number of hydrogen-bond donors (Lipinski definition) is 1. The van der Waals surface area contributed by atoms with E-state index in [1.165, 1.54) is 27.4 Å². The average molecular weight is 410 g/mol. The third-order valence-electron chi connectivity index (χ3n) is 4.89. The van der Waals surface area contributed by atoms with Gasteiger partial charge < -0.3 is 14.2 Å². The van der Waals surface area contributed by atoms with E-state index in [1.807, 2.05) is 13.8 Å². The molecule has 2 aromatic rings. The second-order valence-corrected chi connectivity index (χ2v) is 6.67. The molecule has 0 aliphatic carbocycles. The summed E-state index contributed by atoms with van der Waals surface area (Å²) in [7, 11) is 4.39. The molecule has 4 amide bonds. The van der Waals surface area contributed by atoms with Crippen LogP contribution in [0.25, 0.3) is 6.08 Å². The smallest absolute Gasteiger partial charge is 0.335 e. The standard InChI is InChI=1S/C22H22N2O6/c1-12-6-7-14(8-13(12)2)24-21(26)17(20(25)23-22(24)27)11-16-18(29-4)9-15(28-3)10-19(16)30-5/h6-11H,1-5H3,(H,23,25,27). The molecule has 1 aliphatic rings. The van der Waals surface area contributed by atoms with E-state index in [1.54, 1.807) is 30.3 Å². The van der Waals surface area contributed by atoms with Crippen molar-refractivity contribution < 1.29 is 28.6 Å². The first-order valence-electron chi connectivity index (χ1n) is 9.09. The fraction of sp³-hybridized carbons (Fsp3) is 0.227. The second kappa shape index (κ2) is 8.28. The van der Waals surface area contributed by atoms with Crippen molar-refractivity contribution in [1.82, 2.24) is 5.32 Å². The molecule has 8 heteroatoms. The number of hydrogen-bond acceptors (Lipinski definition) is 6. The van der Waals surface area contributed by atoms with E-state index >= 15 is 0 Å². The molecule has 3 rings (SSSR count). The Morgan fingerprint density at radius 3 is 2.03 bits per heavy atom. The molecule has 1 heterocycles. The van der Waals surface area contributed by atoms with E-state index in [-0.39, 0.29) is 5.57 Å². The normalized spacial score (nSPS) is 15.3. The van der Waals surface area contributed by atoms with Crippen molar-refractivity contribution in [3.8, 4) is 17.2 Å². The molecule has 1 aliphatic heterocycles. The van der Waals surface area contributed by atoms with E-state index in [4.69, 9.17) is 14.2 Å². The van der Waals surface area contributed by atoms with Crippen molar-refractivity contribution in [1.29, 1.82) is 0 Å². The van der Waals surface area contributed by atoms with E-state index < -0.39 is 17.8 Å². The number of barbiturate groups is 1. The van der Waals surface area contributed by atoms with Gasteiger partial charge in [0.1, 0.15) is 22.8 Å². The molecule has 0 radical (unpaired) electrons. The van der Waals surface area contributed by atoms with Crippen LogP contribution in [-0.4, -0.2) is 39.2 Å². The molecule has 8 nitrogen and oxygen atoms in total. The summed E-state index contributed by atoms with van der Waals surface area (Å²) in [6.07, 6.45) is 1.34. The third-order valence-corrected chi connectivity index (χ3v) is 4.89. The highest BCUT2D eigenvalue weighted by Crippen LogP contribution is 2.36. The Bertz CT molecular complexity index is 1050. The van der Waals surface area contributed by atoms with Gasteiger partial charge in [0.15, 0.2) is 0 Å². The van der Waals surface area contributed by atoms with Crippen molar-refractivity contribution in [2.45, 2.75) is 13.8 Å². The Hall–Kier alpha value is -3.81. The van der Waals surface area contributed by atoms with Crippen LogP contribution in [0.15, 0.2) is 35.9 Å². The molecule has 0 unspecified atom stereocenters. The largest absolute Gasteiger partial charge is 0.496 e. The Kier molecular flexibility index (Phi) is 5.77. The molecular weight excluding hydrogens is 388 g/mol. The van der Waals surface area contributed by atoms with E-state index in [0.717, 1.165) is 16.0 Å². The van der Waals surface area contributed by atoms with Gasteiger partial charge in [-0.3, -0.25) is 14.9 Å². The molecular formula is C22H22N2O6. The van der Waals surface area contributed by atoms with Crippen LogP contribution >= 0.6 is 0 Å². The maximum Gasteiger partial charge on any atom is 0.335 e. The summed E-state index contributed by atoms with van der Waals surface area (Å²) < 4.78 is 16.0. The van der Waals surface area contributed by atoms with Gasteiger partial charge in [-0.1, -0.05) is 6.07 Å². The predicted molar refractivity (Wildman–Crippen MR) is 111 cm³/mol. The molecule has 0 atom stereocenters. The highest BCUT2D eigenvalue weighted by molar-refractivity contribution is 6.39. The zero-order chi connectivity index (χ0) is 22.0. The summed E-state index contributed by atoms with van der Waals surface area (Å²) in [5.41, 5.74) is 2.44. The Labute approximate surface area is 174 Å². The Balaban J connectivity index is 2.12. The minimum Gasteiger partial charge on any atom is -0.496 e. The zero-order valence-corrected chi connectivity index (χ0v) is 17.4. The van der Waals surface area contributed by atoms with Crippen molar-refractivity contribution in [2.24, 2.45) is 0 Å². The van der Waals surface area contributed by atoms with Crippen molar-refractivity contribution in [3.63, 3.8) is 0 Å². The summed E-state index contributed by atoms with van der Waals surface area (Å²) in [4.78, 5) is 39.0. The number of methoxy groups -OCH3 is 3. The van der Waals surface area contributed by atoms with Crippen LogP contribution < -0.4 is 24.4 Å². The van der Waals surface area contributed by atoms with Crippen LogP contribution in [0.2, 0.25) is 0 Å². The SMILES string of the molecule is COc1cc(OC)c(C=C2C(=O)NC(=O)N(c3ccc(C)c(C)c3)C2=O)c(OC)c1. The van der Waals surface area contributed by atoms with Gasteiger partial charge in [-0.15, -0.1) is 0 Å². The van der Waals surface area contributed by atoms with Crippen LogP contribution in [0.3, 0.4) is 0 Å². The van der Waals surface area contributed by atoms with Gasteiger partial charge in [-0.25, -0.2) is 9.69 Å². The number of ether oxygens (including phenoxy) is 3. The van der Waals surface area contributed by atoms with E-state index in [2.05, 4.69) is 5.32 Å². The van der Waals surface area contributed by atoms with Gasteiger partial charge in [0.05, 0.1) is 32.6 Å². The lowest BCUT2D eigenvalue weighted by Crippen LogP contribution is -2.54. The number of aryl methyl sites for hydroxylation is 2. The number of urea groups is 1. The summed E-state index contributed by atoms with van der Waals surface area (Å²) >= 11 is 0. The van der Waals surface area contributed by atoms with Crippen LogP contribution in [0.4, 0.5) is 10.5 Å².